The number of hydrogen-bond donors (Lipinski definition) is 1. The monoisotopic (exact) mass is 302 g/mol. The average molecular weight is 302 g/mol. The predicted molar refractivity (Wildman–Crippen MR) is 58.9 cm³/mol. The van der Waals surface area contributed by atoms with Crippen molar-refractivity contribution in [3.63, 3.8) is 0 Å². The van der Waals surface area contributed by atoms with Crippen molar-refractivity contribution in [3.05, 3.63) is 11.6 Å². The third kappa shape index (κ3) is 5.60. The molecular weight excluding hydrogens is 289 g/mol. The first-order valence-electron chi connectivity index (χ1n) is 5.51. The maximum Gasteiger partial charge on any atom is 0.426 e. The molecule has 0 aromatic heterocycles. The van der Waals surface area contributed by atoms with E-state index in [0.717, 1.165) is 6.42 Å². The van der Waals surface area contributed by atoms with Crippen LogP contribution in [0.2, 0.25) is 0 Å². The number of rotatable bonds is 4. The minimum absolute atomic E-state index is 0.107. The van der Waals surface area contributed by atoms with Gasteiger partial charge in [-0.2, -0.15) is 21.6 Å². The molecule has 1 aliphatic carbocycles. The van der Waals surface area contributed by atoms with Crippen molar-refractivity contribution in [2.45, 2.75) is 38.0 Å². The third-order valence-electron chi connectivity index (χ3n) is 2.53. The van der Waals surface area contributed by atoms with E-state index >= 15 is 0 Å². The summed E-state index contributed by atoms with van der Waals surface area (Å²) >= 11 is 0. The van der Waals surface area contributed by atoms with Crippen LogP contribution in [0.1, 0.15) is 25.7 Å². The zero-order valence-corrected chi connectivity index (χ0v) is 10.6. The maximum atomic E-state index is 12.5. The van der Waals surface area contributed by atoms with E-state index < -0.39 is 34.1 Å². The van der Waals surface area contributed by atoms with Crippen LogP contribution in [0, 0.1) is 0 Å². The quantitative estimate of drug-likeness (QED) is 0.633. The number of carbonyl (C=O) groups excluding carboxylic acids is 1. The molecule has 5 nitrogen and oxygen atoms in total. The highest BCUT2D eigenvalue weighted by Gasteiger charge is 2.45. The second-order valence-corrected chi connectivity index (χ2v) is 5.66. The first kappa shape index (κ1) is 16.0. The number of allylic oxidation sites excluding steroid dienone is 1. The molecule has 19 heavy (non-hydrogen) atoms. The highest BCUT2D eigenvalue weighted by molar-refractivity contribution is 7.85. The van der Waals surface area contributed by atoms with Crippen LogP contribution in [0.25, 0.3) is 0 Å². The minimum atomic E-state index is -5.05. The molecule has 110 valence electrons. The zero-order valence-electron chi connectivity index (χ0n) is 9.81. The molecule has 1 rings (SSSR count). The van der Waals surface area contributed by atoms with Gasteiger partial charge < -0.3 is 4.74 Å². The highest BCUT2D eigenvalue weighted by atomic mass is 32.2. The van der Waals surface area contributed by atoms with Crippen molar-refractivity contribution in [2.75, 3.05) is 5.75 Å². The minimum Gasteiger partial charge on any atom is -0.448 e. The standard InChI is InChI=1S/C10H13F3O5S/c11-10(12,13)8(6-19(15,16)17)18-9(14)7-4-2-1-3-5-7/h4,8H,1-3,5-6H2,(H,15,16,17). The fourth-order valence-electron chi connectivity index (χ4n) is 1.62. The Kier molecular flexibility index (Phi) is 4.97. The number of hydrogen-bond acceptors (Lipinski definition) is 4. The average Bonchev–Trinajstić information content (AvgIpc) is 2.26. The lowest BCUT2D eigenvalue weighted by Gasteiger charge is -2.21. The molecule has 0 aromatic rings. The molecule has 1 unspecified atom stereocenters. The van der Waals surface area contributed by atoms with Gasteiger partial charge in [0.1, 0.15) is 5.75 Å². The van der Waals surface area contributed by atoms with E-state index in [9.17, 15) is 26.4 Å². The molecular formula is C10H13F3O5S. The summed E-state index contributed by atoms with van der Waals surface area (Å²) in [6.07, 6.45) is -4.07. The van der Waals surface area contributed by atoms with Crippen LogP contribution >= 0.6 is 0 Å². The van der Waals surface area contributed by atoms with E-state index in [1.807, 2.05) is 0 Å². The first-order chi connectivity index (χ1) is 8.59. The fourth-order valence-corrected chi connectivity index (χ4v) is 2.25. The van der Waals surface area contributed by atoms with Crippen LogP contribution in [-0.4, -0.2) is 37.0 Å². The van der Waals surface area contributed by atoms with Gasteiger partial charge in [-0.05, 0) is 25.7 Å². The van der Waals surface area contributed by atoms with Gasteiger partial charge >= 0.3 is 12.1 Å². The van der Waals surface area contributed by atoms with E-state index in [0.29, 0.717) is 19.3 Å². The lowest BCUT2D eigenvalue weighted by atomic mass is 10.00. The van der Waals surface area contributed by atoms with Crippen LogP contribution in [0.4, 0.5) is 13.2 Å². The Morgan fingerprint density at radius 3 is 2.47 bits per heavy atom. The van der Waals surface area contributed by atoms with E-state index in [4.69, 9.17) is 4.55 Å². The van der Waals surface area contributed by atoms with E-state index in [-0.39, 0.29) is 5.57 Å². The summed E-state index contributed by atoms with van der Waals surface area (Å²) in [5.41, 5.74) is 0.107. The first-order valence-corrected chi connectivity index (χ1v) is 7.12. The van der Waals surface area contributed by atoms with Crippen molar-refractivity contribution in [3.8, 4) is 0 Å². The molecule has 0 fully saturated rings. The molecule has 0 aromatic carbocycles. The molecule has 1 aliphatic rings. The summed E-state index contributed by atoms with van der Waals surface area (Å²) in [5.74, 6) is -2.89. The second-order valence-electron chi connectivity index (χ2n) is 4.16. The summed E-state index contributed by atoms with van der Waals surface area (Å²) < 4.78 is 71.1. The Hall–Kier alpha value is -1.09. The second kappa shape index (κ2) is 5.91. The summed E-state index contributed by atoms with van der Waals surface area (Å²) in [6, 6.07) is 0. The molecule has 9 heteroatoms. The number of alkyl halides is 3. The Morgan fingerprint density at radius 1 is 1.42 bits per heavy atom. The van der Waals surface area contributed by atoms with Gasteiger partial charge in [0.25, 0.3) is 10.1 Å². The maximum absolute atomic E-state index is 12.5. The SMILES string of the molecule is O=C(OC(CS(=O)(=O)O)C(F)(F)F)C1=CCCCC1. The molecule has 0 amide bonds. The van der Waals surface area contributed by atoms with Crippen molar-refractivity contribution >= 4 is 16.1 Å². The molecule has 0 aliphatic heterocycles. The van der Waals surface area contributed by atoms with Crippen LogP contribution in [0.15, 0.2) is 11.6 Å². The van der Waals surface area contributed by atoms with Crippen molar-refractivity contribution in [1.82, 2.24) is 0 Å². The van der Waals surface area contributed by atoms with E-state index in [1.54, 1.807) is 0 Å². The Balaban J connectivity index is 2.78. The molecule has 0 heterocycles. The summed E-state index contributed by atoms with van der Waals surface area (Å²) in [4.78, 5) is 11.5. The molecule has 0 bridgehead atoms. The van der Waals surface area contributed by atoms with Crippen molar-refractivity contribution in [2.24, 2.45) is 0 Å². The largest absolute Gasteiger partial charge is 0.448 e. The van der Waals surface area contributed by atoms with E-state index in [2.05, 4.69) is 4.74 Å². The predicted octanol–water partition coefficient (Wildman–Crippen LogP) is 1.85. The molecule has 0 radical (unpaired) electrons. The van der Waals surface area contributed by atoms with Gasteiger partial charge in [-0.15, -0.1) is 0 Å². The summed E-state index contributed by atoms with van der Waals surface area (Å²) in [6.45, 7) is 0. The van der Waals surface area contributed by atoms with Crippen LogP contribution in [0.5, 0.6) is 0 Å². The number of ether oxygens (including phenoxy) is 1. The van der Waals surface area contributed by atoms with Gasteiger partial charge in [0.05, 0.1) is 0 Å². The third-order valence-corrected chi connectivity index (χ3v) is 3.25. The molecule has 0 saturated carbocycles. The molecule has 0 spiro atoms. The van der Waals surface area contributed by atoms with Crippen molar-refractivity contribution in [1.29, 1.82) is 0 Å². The number of esters is 1. The highest BCUT2D eigenvalue weighted by Crippen LogP contribution is 2.26. The Labute approximate surface area is 108 Å². The fraction of sp³-hybridized carbons (Fsp3) is 0.700. The summed E-state index contributed by atoms with van der Waals surface area (Å²) in [5, 5.41) is 0. The van der Waals surface area contributed by atoms with Gasteiger partial charge in [0.2, 0.25) is 6.10 Å². The number of halogens is 3. The molecule has 1 atom stereocenters. The Morgan fingerprint density at radius 2 is 2.05 bits per heavy atom. The van der Waals surface area contributed by atoms with Gasteiger partial charge in [-0.1, -0.05) is 6.08 Å². The topological polar surface area (TPSA) is 80.7 Å². The smallest absolute Gasteiger partial charge is 0.426 e. The molecule has 1 N–H and O–H groups in total. The van der Waals surface area contributed by atoms with Crippen LogP contribution < -0.4 is 0 Å². The van der Waals surface area contributed by atoms with Crippen LogP contribution in [0.3, 0.4) is 0 Å². The van der Waals surface area contributed by atoms with Gasteiger partial charge in [0.15, 0.2) is 0 Å². The van der Waals surface area contributed by atoms with Crippen LogP contribution in [-0.2, 0) is 19.6 Å². The number of carbonyl (C=O) groups is 1. The lowest BCUT2D eigenvalue weighted by Crippen LogP contribution is -2.39. The van der Waals surface area contributed by atoms with Gasteiger partial charge in [-0.3, -0.25) is 4.55 Å². The normalized spacial score (nSPS) is 18.6. The van der Waals surface area contributed by atoms with Gasteiger partial charge in [-0.25, -0.2) is 4.79 Å². The van der Waals surface area contributed by atoms with E-state index in [1.165, 1.54) is 6.08 Å². The van der Waals surface area contributed by atoms with Gasteiger partial charge in [0, 0.05) is 5.57 Å². The summed E-state index contributed by atoms with van der Waals surface area (Å²) in [7, 11) is -4.90. The molecule has 0 saturated heterocycles. The lowest BCUT2D eigenvalue weighted by molar-refractivity contribution is -0.213. The van der Waals surface area contributed by atoms with Crippen molar-refractivity contribution < 1.29 is 35.7 Å². The zero-order chi connectivity index (χ0) is 14.7. The Bertz CT molecular complexity index is 466.